The predicted molar refractivity (Wildman–Crippen MR) is 85.7 cm³/mol. The monoisotopic (exact) mass is 313 g/mol. The summed E-state index contributed by atoms with van der Waals surface area (Å²) >= 11 is 0. The van der Waals surface area contributed by atoms with Gasteiger partial charge < -0.3 is 5.11 Å². The van der Waals surface area contributed by atoms with Crippen LogP contribution in [0, 0.1) is 24.0 Å². The molecule has 23 heavy (non-hydrogen) atoms. The number of carbonyl (C=O) groups excluding carboxylic acids is 1. The number of nitrogens with zero attached hydrogens (tertiary/aromatic N) is 2. The third-order valence-corrected chi connectivity index (χ3v) is 3.23. The van der Waals surface area contributed by atoms with E-state index in [1.54, 1.807) is 26.0 Å². The van der Waals surface area contributed by atoms with Gasteiger partial charge >= 0.3 is 0 Å². The largest absolute Gasteiger partial charge is 0.507 e. The van der Waals surface area contributed by atoms with Crippen LogP contribution in [0.15, 0.2) is 41.5 Å². The first kappa shape index (κ1) is 16.2. The van der Waals surface area contributed by atoms with E-state index in [0.29, 0.717) is 11.1 Å². The van der Waals surface area contributed by atoms with Gasteiger partial charge in [0.05, 0.1) is 11.1 Å². The fourth-order valence-corrected chi connectivity index (χ4v) is 2.03. The SMILES string of the molecule is Cc1cc(/C=N\NC(=O)c2ccc([N+](=O)[O-])cc2)cc(C)c1O. The normalized spacial score (nSPS) is 10.7. The Bertz CT molecular complexity index is 759. The predicted octanol–water partition coefficient (Wildman–Crippen LogP) is 2.68. The van der Waals surface area contributed by atoms with E-state index in [2.05, 4.69) is 10.5 Å². The Morgan fingerprint density at radius 2 is 1.78 bits per heavy atom. The number of aromatic hydroxyl groups is 1. The van der Waals surface area contributed by atoms with Gasteiger partial charge in [0.25, 0.3) is 11.6 Å². The molecule has 0 aromatic heterocycles. The van der Waals surface area contributed by atoms with Gasteiger partial charge in [0.2, 0.25) is 0 Å². The topological polar surface area (TPSA) is 105 Å². The molecule has 118 valence electrons. The van der Waals surface area contributed by atoms with E-state index in [9.17, 15) is 20.0 Å². The third kappa shape index (κ3) is 3.91. The lowest BCUT2D eigenvalue weighted by molar-refractivity contribution is -0.384. The van der Waals surface area contributed by atoms with Gasteiger partial charge in [0, 0.05) is 17.7 Å². The molecule has 0 aliphatic carbocycles. The van der Waals surface area contributed by atoms with Crippen LogP contribution in [0.1, 0.15) is 27.0 Å². The molecule has 0 unspecified atom stereocenters. The number of non-ortho nitro benzene ring substituents is 1. The minimum atomic E-state index is -0.532. The van der Waals surface area contributed by atoms with E-state index in [0.717, 1.165) is 5.56 Å². The molecular weight excluding hydrogens is 298 g/mol. The summed E-state index contributed by atoms with van der Waals surface area (Å²) in [7, 11) is 0. The average molecular weight is 313 g/mol. The fraction of sp³-hybridized carbons (Fsp3) is 0.125. The molecule has 7 nitrogen and oxygen atoms in total. The van der Waals surface area contributed by atoms with Gasteiger partial charge in [-0.2, -0.15) is 5.10 Å². The zero-order valence-electron chi connectivity index (χ0n) is 12.6. The van der Waals surface area contributed by atoms with E-state index >= 15 is 0 Å². The molecule has 2 aromatic carbocycles. The molecule has 7 heteroatoms. The number of phenols is 1. The van der Waals surface area contributed by atoms with Crippen molar-refractivity contribution in [3.63, 3.8) is 0 Å². The van der Waals surface area contributed by atoms with Gasteiger partial charge in [-0.15, -0.1) is 0 Å². The maximum atomic E-state index is 11.9. The van der Waals surface area contributed by atoms with Crippen molar-refractivity contribution in [1.82, 2.24) is 5.43 Å². The molecule has 1 amide bonds. The standard InChI is InChI=1S/C16H15N3O4/c1-10-7-12(8-11(2)15(10)20)9-17-18-16(21)13-3-5-14(6-4-13)19(22)23/h3-9,20H,1-2H3,(H,18,21)/b17-9-. The minimum Gasteiger partial charge on any atom is -0.507 e. The highest BCUT2D eigenvalue weighted by Gasteiger charge is 2.08. The maximum absolute atomic E-state index is 11.9. The van der Waals surface area contributed by atoms with Crippen molar-refractivity contribution in [2.24, 2.45) is 5.10 Å². The molecule has 0 atom stereocenters. The van der Waals surface area contributed by atoms with Crippen LogP contribution >= 0.6 is 0 Å². The molecule has 0 spiro atoms. The van der Waals surface area contributed by atoms with E-state index in [1.807, 2.05) is 0 Å². The summed E-state index contributed by atoms with van der Waals surface area (Å²) in [6, 6.07) is 8.71. The van der Waals surface area contributed by atoms with Crippen molar-refractivity contribution in [3.05, 3.63) is 68.8 Å². The molecule has 0 saturated carbocycles. The highest BCUT2D eigenvalue weighted by atomic mass is 16.6. The Balaban J connectivity index is 2.05. The van der Waals surface area contributed by atoms with Crippen LogP contribution in [0.2, 0.25) is 0 Å². The van der Waals surface area contributed by atoms with Crippen molar-refractivity contribution in [2.75, 3.05) is 0 Å². The quantitative estimate of drug-likeness (QED) is 0.514. The molecule has 0 radical (unpaired) electrons. The molecule has 0 aliphatic rings. The van der Waals surface area contributed by atoms with Gasteiger partial charge in [0.1, 0.15) is 5.75 Å². The number of hydrogen-bond donors (Lipinski definition) is 2. The zero-order chi connectivity index (χ0) is 17.0. The summed E-state index contributed by atoms with van der Waals surface area (Å²) < 4.78 is 0. The first-order valence-corrected chi connectivity index (χ1v) is 6.76. The van der Waals surface area contributed by atoms with Crippen LogP contribution in [-0.2, 0) is 0 Å². The zero-order valence-corrected chi connectivity index (χ0v) is 12.6. The molecule has 0 fully saturated rings. The molecule has 2 aromatic rings. The third-order valence-electron chi connectivity index (χ3n) is 3.23. The number of phenolic OH excluding ortho intramolecular Hbond substituents is 1. The number of nitro benzene ring substituents is 1. The van der Waals surface area contributed by atoms with E-state index in [4.69, 9.17) is 0 Å². The average Bonchev–Trinajstić information content (AvgIpc) is 2.52. The summed E-state index contributed by atoms with van der Waals surface area (Å²) in [4.78, 5) is 21.9. The van der Waals surface area contributed by atoms with Crippen LogP contribution in [0.4, 0.5) is 5.69 Å². The van der Waals surface area contributed by atoms with Crippen LogP contribution in [0.25, 0.3) is 0 Å². The van der Waals surface area contributed by atoms with Crippen molar-refractivity contribution in [1.29, 1.82) is 0 Å². The van der Waals surface area contributed by atoms with E-state index < -0.39 is 10.8 Å². The van der Waals surface area contributed by atoms with E-state index in [-0.39, 0.29) is 17.0 Å². The molecule has 2 rings (SSSR count). The van der Waals surface area contributed by atoms with Crippen molar-refractivity contribution in [2.45, 2.75) is 13.8 Å². The Morgan fingerprint density at radius 3 is 2.30 bits per heavy atom. The number of hydrazone groups is 1. The van der Waals surface area contributed by atoms with Gasteiger partial charge in [-0.1, -0.05) is 0 Å². The fourth-order valence-electron chi connectivity index (χ4n) is 2.03. The smallest absolute Gasteiger partial charge is 0.271 e. The van der Waals surface area contributed by atoms with Crippen LogP contribution in [0.5, 0.6) is 5.75 Å². The summed E-state index contributed by atoms with van der Waals surface area (Å²) in [5, 5.41) is 24.1. The lowest BCUT2D eigenvalue weighted by atomic mass is 10.1. The molecule has 0 heterocycles. The summed E-state index contributed by atoms with van der Waals surface area (Å²) in [6.45, 7) is 3.55. The number of benzene rings is 2. The van der Waals surface area contributed by atoms with Crippen molar-refractivity contribution < 1.29 is 14.8 Å². The van der Waals surface area contributed by atoms with Crippen LogP contribution in [0.3, 0.4) is 0 Å². The number of carbonyl (C=O) groups is 1. The highest BCUT2D eigenvalue weighted by Crippen LogP contribution is 2.22. The number of rotatable bonds is 4. The van der Waals surface area contributed by atoms with Gasteiger partial charge in [-0.3, -0.25) is 14.9 Å². The summed E-state index contributed by atoms with van der Waals surface area (Å²) in [5.41, 5.74) is 4.70. The second-order valence-corrected chi connectivity index (χ2v) is 5.01. The van der Waals surface area contributed by atoms with Crippen molar-refractivity contribution >= 4 is 17.8 Å². The number of nitrogens with one attached hydrogen (secondary N) is 1. The first-order valence-electron chi connectivity index (χ1n) is 6.76. The maximum Gasteiger partial charge on any atom is 0.271 e. The van der Waals surface area contributed by atoms with Gasteiger partial charge in [-0.05, 0) is 54.8 Å². The molecule has 2 N–H and O–H groups in total. The number of nitro groups is 1. The molecule has 0 saturated heterocycles. The highest BCUT2D eigenvalue weighted by molar-refractivity contribution is 5.95. The Kier molecular flexibility index (Phi) is 4.70. The van der Waals surface area contributed by atoms with Crippen molar-refractivity contribution in [3.8, 4) is 5.75 Å². The number of aryl methyl sites for hydroxylation is 2. The Hall–Kier alpha value is -3.22. The summed E-state index contributed by atoms with van der Waals surface area (Å²) in [5.74, 6) is -0.236. The van der Waals surface area contributed by atoms with Crippen LogP contribution < -0.4 is 5.43 Å². The Labute approximate surface area is 132 Å². The van der Waals surface area contributed by atoms with Gasteiger partial charge in [-0.25, -0.2) is 5.43 Å². The van der Waals surface area contributed by atoms with Crippen LogP contribution in [-0.4, -0.2) is 22.2 Å². The van der Waals surface area contributed by atoms with Gasteiger partial charge in [0.15, 0.2) is 0 Å². The molecule has 0 aliphatic heterocycles. The number of amides is 1. The Morgan fingerprint density at radius 1 is 1.22 bits per heavy atom. The molecule has 0 bridgehead atoms. The number of hydrogen-bond acceptors (Lipinski definition) is 5. The summed E-state index contributed by atoms with van der Waals surface area (Å²) in [6.07, 6.45) is 1.46. The van der Waals surface area contributed by atoms with E-state index in [1.165, 1.54) is 30.5 Å². The minimum absolute atomic E-state index is 0.0832. The lowest BCUT2D eigenvalue weighted by Crippen LogP contribution is -2.17. The molecular formula is C16H15N3O4. The second-order valence-electron chi connectivity index (χ2n) is 5.01. The first-order chi connectivity index (χ1) is 10.9. The lowest BCUT2D eigenvalue weighted by Gasteiger charge is -2.04. The second kappa shape index (κ2) is 6.69.